The highest BCUT2D eigenvalue weighted by Crippen LogP contribution is 2.28. The van der Waals surface area contributed by atoms with Crippen molar-refractivity contribution in [1.29, 1.82) is 0 Å². The molecule has 0 aliphatic heterocycles. The van der Waals surface area contributed by atoms with Crippen molar-refractivity contribution < 1.29 is 13.9 Å². The van der Waals surface area contributed by atoms with Crippen molar-refractivity contribution in [1.82, 2.24) is 14.8 Å². The van der Waals surface area contributed by atoms with Crippen LogP contribution in [0.1, 0.15) is 13.8 Å². The molecule has 0 saturated heterocycles. The van der Waals surface area contributed by atoms with Gasteiger partial charge in [0, 0.05) is 12.1 Å². The molecule has 6 nitrogen and oxygen atoms in total. The maximum Gasteiger partial charge on any atom is 0.237 e. The van der Waals surface area contributed by atoms with Gasteiger partial charge in [-0.3, -0.25) is 4.79 Å². The largest absolute Gasteiger partial charge is 0.497 e. The van der Waals surface area contributed by atoms with Crippen LogP contribution < -0.4 is 10.1 Å². The topological polar surface area (TPSA) is 69.0 Å². The Hall–Kier alpha value is -2.87. The van der Waals surface area contributed by atoms with Crippen LogP contribution in [0.5, 0.6) is 5.75 Å². The molecule has 3 aromatic rings. The minimum atomic E-state index is -0.474. The average molecular weight is 400 g/mol. The molecule has 0 unspecified atom stereocenters. The van der Waals surface area contributed by atoms with Crippen molar-refractivity contribution in [3.8, 4) is 17.1 Å². The van der Waals surface area contributed by atoms with Gasteiger partial charge in [0.05, 0.1) is 18.0 Å². The number of thioether (sulfide) groups is 1. The summed E-state index contributed by atoms with van der Waals surface area (Å²) in [5.41, 5.74) is 1.07. The van der Waals surface area contributed by atoms with Gasteiger partial charge in [-0.1, -0.05) is 23.9 Å². The van der Waals surface area contributed by atoms with E-state index in [4.69, 9.17) is 4.74 Å². The van der Waals surface area contributed by atoms with Crippen molar-refractivity contribution in [2.45, 2.75) is 30.8 Å². The molecule has 2 aromatic carbocycles. The molecule has 1 amide bonds. The summed E-state index contributed by atoms with van der Waals surface area (Å²) < 4.78 is 20.9. The van der Waals surface area contributed by atoms with E-state index >= 15 is 0 Å². The van der Waals surface area contributed by atoms with E-state index in [2.05, 4.69) is 15.5 Å². The van der Waals surface area contributed by atoms with E-state index in [0.717, 1.165) is 17.1 Å². The second-order valence-electron chi connectivity index (χ2n) is 6.01. The number of carbonyl (C=O) groups is 1. The Morgan fingerprint density at radius 2 is 1.93 bits per heavy atom. The van der Waals surface area contributed by atoms with Crippen molar-refractivity contribution in [2.75, 3.05) is 12.4 Å². The van der Waals surface area contributed by atoms with Crippen molar-refractivity contribution in [3.63, 3.8) is 0 Å². The lowest BCUT2D eigenvalue weighted by atomic mass is 10.2. The van der Waals surface area contributed by atoms with Gasteiger partial charge in [0.2, 0.25) is 5.91 Å². The predicted octanol–water partition coefficient (Wildman–Crippen LogP) is 4.23. The lowest BCUT2D eigenvalue weighted by molar-refractivity contribution is -0.115. The fourth-order valence-corrected chi connectivity index (χ4v) is 3.54. The number of hydrogen-bond donors (Lipinski definition) is 1. The van der Waals surface area contributed by atoms with Gasteiger partial charge in [-0.05, 0) is 50.2 Å². The van der Waals surface area contributed by atoms with Crippen LogP contribution in [0.2, 0.25) is 0 Å². The Morgan fingerprint density at radius 3 is 2.57 bits per heavy atom. The van der Waals surface area contributed by atoms with Crippen LogP contribution in [0.3, 0.4) is 0 Å². The molecular weight excluding hydrogens is 379 g/mol. The summed E-state index contributed by atoms with van der Waals surface area (Å²) in [7, 11) is 1.62. The number of methoxy groups -OCH3 is 1. The maximum atomic E-state index is 13.7. The van der Waals surface area contributed by atoms with E-state index in [1.807, 2.05) is 35.8 Å². The van der Waals surface area contributed by atoms with E-state index in [9.17, 15) is 9.18 Å². The number of amides is 1. The third-order valence-corrected chi connectivity index (χ3v) is 5.24. The summed E-state index contributed by atoms with van der Waals surface area (Å²) in [6.07, 6.45) is 0. The van der Waals surface area contributed by atoms with Gasteiger partial charge in [0.15, 0.2) is 11.0 Å². The van der Waals surface area contributed by atoms with Gasteiger partial charge in [-0.15, -0.1) is 10.2 Å². The summed E-state index contributed by atoms with van der Waals surface area (Å²) in [5.74, 6) is 0.715. The molecule has 0 aliphatic carbocycles. The fourth-order valence-electron chi connectivity index (χ4n) is 2.62. The van der Waals surface area contributed by atoms with Crippen molar-refractivity contribution in [2.24, 2.45) is 0 Å². The highest BCUT2D eigenvalue weighted by Gasteiger charge is 2.21. The summed E-state index contributed by atoms with van der Waals surface area (Å²) in [5, 5.41) is 11.3. The van der Waals surface area contributed by atoms with Crippen LogP contribution in [0.15, 0.2) is 53.7 Å². The van der Waals surface area contributed by atoms with Crippen LogP contribution >= 0.6 is 11.8 Å². The van der Waals surface area contributed by atoms with E-state index in [1.165, 1.54) is 23.9 Å². The average Bonchev–Trinajstić information content (AvgIpc) is 3.12. The first kappa shape index (κ1) is 19.9. The van der Waals surface area contributed by atoms with Gasteiger partial charge < -0.3 is 14.6 Å². The maximum absolute atomic E-state index is 13.7. The highest BCUT2D eigenvalue weighted by atomic mass is 32.2. The number of para-hydroxylation sites is 1. The number of nitrogens with one attached hydrogen (secondary N) is 1. The van der Waals surface area contributed by atoms with E-state index in [1.54, 1.807) is 26.2 Å². The number of aromatic nitrogens is 3. The number of rotatable bonds is 7. The monoisotopic (exact) mass is 400 g/mol. The lowest BCUT2D eigenvalue weighted by Gasteiger charge is -2.13. The molecule has 3 rings (SSSR count). The molecule has 1 atom stereocenters. The molecule has 0 radical (unpaired) electrons. The first-order valence-corrected chi connectivity index (χ1v) is 9.71. The first-order valence-electron chi connectivity index (χ1n) is 8.83. The Labute approximate surface area is 167 Å². The smallest absolute Gasteiger partial charge is 0.237 e. The van der Waals surface area contributed by atoms with Crippen LogP contribution in [0, 0.1) is 5.82 Å². The van der Waals surface area contributed by atoms with Crippen LogP contribution in [-0.2, 0) is 11.3 Å². The molecule has 0 spiro atoms. The molecule has 0 bridgehead atoms. The van der Waals surface area contributed by atoms with Gasteiger partial charge >= 0.3 is 0 Å². The Balaban J connectivity index is 1.75. The Kier molecular flexibility index (Phi) is 6.30. The normalized spacial score (nSPS) is 11.9. The lowest BCUT2D eigenvalue weighted by Crippen LogP contribution is -2.23. The molecule has 28 heavy (non-hydrogen) atoms. The summed E-state index contributed by atoms with van der Waals surface area (Å²) in [4.78, 5) is 12.4. The third kappa shape index (κ3) is 4.33. The van der Waals surface area contributed by atoms with Gasteiger partial charge in [-0.25, -0.2) is 4.39 Å². The SMILES string of the molecule is CCn1c(S[C@H](C)C(=O)Nc2ccccc2F)nnc1-c1ccc(OC)cc1. The van der Waals surface area contributed by atoms with Crippen LogP contribution in [0.25, 0.3) is 11.4 Å². The van der Waals surface area contributed by atoms with Gasteiger partial charge in [-0.2, -0.15) is 0 Å². The van der Waals surface area contributed by atoms with E-state index < -0.39 is 11.1 Å². The number of halogens is 1. The number of hydrogen-bond acceptors (Lipinski definition) is 5. The molecule has 8 heteroatoms. The molecule has 1 N–H and O–H groups in total. The molecule has 0 saturated carbocycles. The zero-order valence-electron chi connectivity index (χ0n) is 15.8. The molecule has 1 aromatic heterocycles. The van der Waals surface area contributed by atoms with Crippen LogP contribution in [-0.4, -0.2) is 33.0 Å². The minimum absolute atomic E-state index is 0.163. The standard InChI is InChI=1S/C20H21FN4O2S/c1-4-25-18(14-9-11-15(27-3)12-10-14)23-24-20(25)28-13(2)19(26)22-17-8-6-5-7-16(17)21/h5-13H,4H2,1-3H3,(H,22,26)/t13-/m1/s1. The van der Waals surface area contributed by atoms with Crippen molar-refractivity contribution in [3.05, 3.63) is 54.3 Å². The second kappa shape index (κ2) is 8.88. The van der Waals surface area contributed by atoms with Gasteiger partial charge in [0.25, 0.3) is 0 Å². The summed E-state index contributed by atoms with van der Waals surface area (Å²) in [6, 6.07) is 13.6. The van der Waals surface area contributed by atoms with E-state index in [0.29, 0.717) is 11.7 Å². The highest BCUT2D eigenvalue weighted by molar-refractivity contribution is 8.00. The number of carbonyl (C=O) groups excluding carboxylic acids is 1. The zero-order chi connectivity index (χ0) is 20.1. The number of ether oxygens (including phenoxy) is 1. The van der Waals surface area contributed by atoms with Crippen molar-refractivity contribution >= 4 is 23.4 Å². The molecular formula is C20H21FN4O2S. The fraction of sp³-hybridized carbons (Fsp3) is 0.250. The zero-order valence-corrected chi connectivity index (χ0v) is 16.7. The minimum Gasteiger partial charge on any atom is -0.497 e. The Bertz CT molecular complexity index is 959. The number of benzene rings is 2. The molecule has 146 valence electrons. The van der Waals surface area contributed by atoms with E-state index in [-0.39, 0.29) is 11.6 Å². The summed E-state index contributed by atoms with van der Waals surface area (Å²) in [6.45, 7) is 4.39. The third-order valence-electron chi connectivity index (χ3n) is 4.16. The molecule has 0 aliphatic rings. The van der Waals surface area contributed by atoms with Gasteiger partial charge in [0.1, 0.15) is 11.6 Å². The molecule has 1 heterocycles. The summed E-state index contributed by atoms with van der Waals surface area (Å²) >= 11 is 1.28. The predicted molar refractivity (Wildman–Crippen MR) is 108 cm³/mol. The Morgan fingerprint density at radius 1 is 1.21 bits per heavy atom. The molecule has 0 fully saturated rings. The van der Waals surface area contributed by atoms with Crippen LogP contribution in [0.4, 0.5) is 10.1 Å². The number of anilines is 1. The quantitative estimate of drug-likeness (QED) is 0.601. The second-order valence-corrected chi connectivity index (χ2v) is 7.32. The number of nitrogens with zero attached hydrogens (tertiary/aromatic N) is 3. The first-order chi connectivity index (χ1) is 13.5.